The maximum Gasteiger partial charge on any atom is 0.261 e. The van der Waals surface area contributed by atoms with E-state index in [9.17, 15) is 9.18 Å². The van der Waals surface area contributed by atoms with Gasteiger partial charge in [0.2, 0.25) is 0 Å². The molecule has 21 heavy (non-hydrogen) atoms. The Balaban J connectivity index is 1.57. The summed E-state index contributed by atoms with van der Waals surface area (Å²) in [6.07, 6.45) is 4.19. The summed E-state index contributed by atoms with van der Waals surface area (Å²) < 4.78 is 23.7. The first-order valence-electron chi connectivity index (χ1n) is 7.39. The number of carbonyl (C=O) groups is 1. The van der Waals surface area contributed by atoms with Gasteiger partial charge in [-0.25, -0.2) is 4.39 Å². The molecule has 0 N–H and O–H groups in total. The van der Waals surface area contributed by atoms with Crippen molar-refractivity contribution < 1.29 is 18.7 Å². The van der Waals surface area contributed by atoms with Crippen LogP contribution in [-0.4, -0.2) is 42.7 Å². The topological polar surface area (TPSA) is 38.8 Å². The molecule has 4 nitrogen and oxygen atoms in total. The molecule has 1 amide bonds. The van der Waals surface area contributed by atoms with Crippen molar-refractivity contribution in [3.05, 3.63) is 30.1 Å². The molecular weight excluding hydrogens is 273 g/mol. The second kappa shape index (κ2) is 6.02. The van der Waals surface area contributed by atoms with Crippen molar-refractivity contribution >= 4 is 5.91 Å². The number of fused-ring (bicyclic) bond motifs is 2. The second-order valence-corrected chi connectivity index (χ2v) is 5.76. The van der Waals surface area contributed by atoms with E-state index in [2.05, 4.69) is 0 Å². The minimum atomic E-state index is -0.312. The average molecular weight is 293 g/mol. The van der Waals surface area contributed by atoms with Gasteiger partial charge in [-0.05, 0) is 49.9 Å². The van der Waals surface area contributed by atoms with Gasteiger partial charge in [-0.15, -0.1) is 0 Å². The van der Waals surface area contributed by atoms with Crippen LogP contribution in [0, 0.1) is 5.82 Å². The van der Waals surface area contributed by atoms with Gasteiger partial charge in [0, 0.05) is 19.2 Å². The summed E-state index contributed by atoms with van der Waals surface area (Å²) in [6, 6.07) is 6.28. The zero-order valence-electron chi connectivity index (χ0n) is 12.1. The molecule has 0 aromatic heterocycles. The van der Waals surface area contributed by atoms with E-state index < -0.39 is 0 Å². The lowest BCUT2D eigenvalue weighted by atomic mass is 10.00. The van der Waals surface area contributed by atoms with E-state index >= 15 is 0 Å². The third kappa shape index (κ3) is 3.02. The highest BCUT2D eigenvalue weighted by atomic mass is 19.1. The Kier molecular flexibility index (Phi) is 4.10. The predicted octanol–water partition coefficient (Wildman–Crippen LogP) is 2.37. The van der Waals surface area contributed by atoms with Crippen LogP contribution >= 0.6 is 0 Å². The molecule has 2 fully saturated rings. The molecule has 2 atom stereocenters. The Morgan fingerprint density at radius 3 is 2.43 bits per heavy atom. The highest BCUT2D eigenvalue weighted by Crippen LogP contribution is 2.36. The van der Waals surface area contributed by atoms with Gasteiger partial charge in [0.05, 0.1) is 6.10 Å². The van der Waals surface area contributed by atoms with Crippen molar-refractivity contribution in [2.75, 3.05) is 13.7 Å². The van der Waals surface area contributed by atoms with Crippen molar-refractivity contribution in [1.29, 1.82) is 0 Å². The summed E-state index contributed by atoms with van der Waals surface area (Å²) >= 11 is 0. The molecule has 2 aliphatic rings. The fourth-order valence-electron chi connectivity index (χ4n) is 3.48. The molecule has 5 heteroatoms. The van der Waals surface area contributed by atoms with Gasteiger partial charge in [0.15, 0.2) is 6.61 Å². The Morgan fingerprint density at radius 1 is 1.24 bits per heavy atom. The van der Waals surface area contributed by atoms with Crippen LogP contribution < -0.4 is 4.74 Å². The van der Waals surface area contributed by atoms with Gasteiger partial charge >= 0.3 is 0 Å². The predicted molar refractivity (Wildman–Crippen MR) is 75.6 cm³/mol. The number of ether oxygens (including phenoxy) is 2. The van der Waals surface area contributed by atoms with Gasteiger partial charge in [0.25, 0.3) is 5.91 Å². The molecule has 2 aliphatic heterocycles. The minimum absolute atomic E-state index is 0.0102. The molecule has 3 rings (SSSR count). The van der Waals surface area contributed by atoms with Crippen LogP contribution in [0.2, 0.25) is 0 Å². The van der Waals surface area contributed by atoms with Crippen molar-refractivity contribution in [3.63, 3.8) is 0 Å². The number of hydrogen-bond acceptors (Lipinski definition) is 3. The third-order valence-electron chi connectivity index (χ3n) is 4.49. The van der Waals surface area contributed by atoms with Crippen LogP contribution in [0.15, 0.2) is 24.3 Å². The van der Waals surface area contributed by atoms with Gasteiger partial charge in [-0.3, -0.25) is 4.79 Å². The van der Waals surface area contributed by atoms with Gasteiger partial charge in [0.1, 0.15) is 11.6 Å². The smallest absolute Gasteiger partial charge is 0.261 e. The normalized spacial score (nSPS) is 27.7. The number of rotatable bonds is 4. The van der Waals surface area contributed by atoms with Crippen LogP contribution in [0.3, 0.4) is 0 Å². The molecule has 1 aromatic carbocycles. The number of carbonyl (C=O) groups excluding carboxylic acids is 1. The number of piperidine rings is 1. The van der Waals surface area contributed by atoms with Gasteiger partial charge < -0.3 is 14.4 Å². The van der Waals surface area contributed by atoms with E-state index in [-0.39, 0.29) is 36.5 Å². The molecule has 1 aromatic rings. The molecule has 2 saturated heterocycles. The summed E-state index contributed by atoms with van der Waals surface area (Å²) in [6.45, 7) is 0.0102. The lowest BCUT2D eigenvalue weighted by Gasteiger charge is -2.38. The van der Waals surface area contributed by atoms with Crippen LogP contribution in [-0.2, 0) is 9.53 Å². The first kappa shape index (κ1) is 14.3. The monoisotopic (exact) mass is 293 g/mol. The van der Waals surface area contributed by atoms with Crippen molar-refractivity contribution in [2.24, 2.45) is 0 Å². The molecule has 114 valence electrons. The molecular formula is C16H20FNO3. The summed E-state index contributed by atoms with van der Waals surface area (Å²) in [5.41, 5.74) is 0. The highest BCUT2D eigenvalue weighted by Gasteiger charge is 2.43. The zero-order chi connectivity index (χ0) is 14.8. The number of methoxy groups -OCH3 is 1. The molecule has 2 bridgehead atoms. The Hall–Kier alpha value is -1.62. The fourth-order valence-corrected chi connectivity index (χ4v) is 3.48. The zero-order valence-corrected chi connectivity index (χ0v) is 12.1. The van der Waals surface area contributed by atoms with E-state index in [1.165, 1.54) is 24.3 Å². The summed E-state index contributed by atoms with van der Waals surface area (Å²) in [7, 11) is 1.74. The first-order valence-corrected chi connectivity index (χ1v) is 7.39. The molecule has 0 aliphatic carbocycles. The molecule has 2 unspecified atom stereocenters. The number of hydrogen-bond donors (Lipinski definition) is 0. The van der Waals surface area contributed by atoms with Crippen molar-refractivity contribution in [3.8, 4) is 5.75 Å². The number of halogens is 1. The Bertz CT molecular complexity index is 491. The summed E-state index contributed by atoms with van der Waals surface area (Å²) in [5.74, 6) is 0.221. The fraction of sp³-hybridized carbons (Fsp3) is 0.562. The first-order chi connectivity index (χ1) is 10.2. The molecule has 2 heterocycles. The largest absolute Gasteiger partial charge is 0.484 e. The quantitative estimate of drug-likeness (QED) is 0.855. The van der Waals surface area contributed by atoms with Gasteiger partial charge in [-0.2, -0.15) is 0 Å². The Labute approximate surface area is 123 Å². The number of amides is 1. The highest BCUT2D eigenvalue weighted by molar-refractivity contribution is 5.79. The lowest BCUT2D eigenvalue weighted by Crippen LogP contribution is -2.50. The van der Waals surface area contributed by atoms with E-state index in [1.54, 1.807) is 7.11 Å². The van der Waals surface area contributed by atoms with E-state index in [0.29, 0.717) is 5.75 Å². The van der Waals surface area contributed by atoms with Crippen LogP contribution in [0.1, 0.15) is 25.7 Å². The second-order valence-electron chi connectivity index (χ2n) is 5.76. The summed E-state index contributed by atoms with van der Waals surface area (Å²) in [5, 5.41) is 0. The number of benzene rings is 1. The maximum absolute atomic E-state index is 12.8. The molecule has 0 saturated carbocycles. The lowest BCUT2D eigenvalue weighted by molar-refractivity contribution is -0.140. The van der Waals surface area contributed by atoms with E-state index in [0.717, 1.165) is 25.7 Å². The van der Waals surface area contributed by atoms with Gasteiger partial charge in [-0.1, -0.05) is 0 Å². The van der Waals surface area contributed by atoms with E-state index in [1.807, 2.05) is 4.90 Å². The average Bonchev–Trinajstić information content (AvgIpc) is 2.77. The minimum Gasteiger partial charge on any atom is -0.484 e. The SMILES string of the molecule is COC1CC2CCC(C1)N2C(=O)COc1ccc(F)cc1. The Morgan fingerprint density at radius 2 is 1.86 bits per heavy atom. The van der Waals surface area contributed by atoms with Crippen LogP contribution in [0.4, 0.5) is 4.39 Å². The maximum atomic E-state index is 12.8. The van der Waals surface area contributed by atoms with Crippen molar-refractivity contribution in [1.82, 2.24) is 4.90 Å². The molecule has 0 spiro atoms. The molecule has 0 radical (unpaired) electrons. The van der Waals surface area contributed by atoms with Crippen LogP contribution in [0.5, 0.6) is 5.75 Å². The van der Waals surface area contributed by atoms with E-state index in [4.69, 9.17) is 9.47 Å². The third-order valence-corrected chi connectivity index (χ3v) is 4.49. The number of nitrogens with zero attached hydrogens (tertiary/aromatic N) is 1. The summed E-state index contributed by atoms with van der Waals surface area (Å²) in [4.78, 5) is 14.4. The van der Waals surface area contributed by atoms with Crippen LogP contribution in [0.25, 0.3) is 0 Å². The standard InChI is InChI=1S/C16H20FNO3/c1-20-15-8-12-4-5-13(9-15)18(12)16(19)10-21-14-6-2-11(17)3-7-14/h2-3,6-7,12-13,15H,4-5,8-10H2,1H3. The van der Waals surface area contributed by atoms with Crippen molar-refractivity contribution in [2.45, 2.75) is 43.9 Å².